The van der Waals surface area contributed by atoms with Crippen LogP contribution in [0.5, 0.6) is 11.5 Å². The maximum absolute atomic E-state index is 12.1. The maximum atomic E-state index is 12.1. The summed E-state index contributed by atoms with van der Waals surface area (Å²) in [7, 11) is 3.16. The third kappa shape index (κ3) is 4.32. The minimum atomic E-state index is -0.163. The first-order valence-electron chi connectivity index (χ1n) is 7.47. The van der Waals surface area contributed by atoms with E-state index in [1.165, 1.54) is 0 Å². The average molecular weight is 349 g/mol. The molecule has 2 aromatic carbocycles. The van der Waals surface area contributed by atoms with Gasteiger partial charge in [0.2, 0.25) is 5.91 Å². The van der Waals surface area contributed by atoms with Crippen LogP contribution >= 0.6 is 11.6 Å². The topological polar surface area (TPSA) is 59.6 Å². The van der Waals surface area contributed by atoms with Crippen LogP contribution in [0.3, 0.4) is 0 Å². The lowest BCUT2D eigenvalue weighted by atomic mass is 10.1. The molecule has 5 nitrogen and oxygen atoms in total. The Labute approximate surface area is 146 Å². The van der Waals surface area contributed by atoms with E-state index >= 15 is 0 Å². The summed E-state index contributed by atoms with van der Waals surface area (Å²) < 4.78 is 10.5. The van der Waals surface area contributed by atoms with Crippen molar-refractivity contribution in [2.75, 3.05) is 31.4 Å². The average Bonchev–Trinajstić information content (AvgIpc) is 2.56. The van der Waals surface area contributed by atoms with E-state index in [9.17, 15) is 4.79 Å². The number of methoxy groups -OCH3 is 2. The molecule has 128 valence electrons. The number of carbonyl (C=O) groups is 1. The van der Waals surface area contributed by atoms with Crippen molar-refractivity contribution in [1.29, 1.82) is 0 Å². The second-order valence-electron chi connectivity index (χ2n) is 5.39. The third-order valence-electron chi connectivity index (χ3n) is 3.63. The number of ether oxygens (including phenoxy) is 2. The zero-order valence-corrected chi connectivity index (χ0v) is 15.0. The minimum absolute atomic E-state index is 0.127. The molecule has 0 atom stereocenters. The van der Waals surface area contributed by atoms with Crippen molar-refractivity contribution in [3.05, 3.63) is 46.5 Å². The molecule has 0 aliphatic carbocycles. The van der Waals surface area contributed by atoms with Gasteiger partial charge in [-0.1, -0.05) is 17.7 Å². The predicted octanol–water partition coefficient (Wildman–Crippen LogP) is 4.02. The SMILES string of the molecule is COc1cc(C)c(NCC(=O)Nc2ccc(C)c(Cl)c2)cc1OC. The maximum Gasteiger partial charge on any atom is 0.243 e. The van der Waals surface area contributed by atoms with Crippen LogP contribution < -0.4 is 20.1 Å². The monoisotopic (exact) mass is 348 g/mol. The largest absolute Gasteiger partial charge is 0.493 e. The lowest BCUT2D eigenvalue weighted by molar-refractivity contribution is -0.114. The normalized spacial score (nSPS) is 10.2. The number of amides is 1. The van der Waals surface area contributed by atoms with Crippen molar-refractivity contribution in [2.24, 2.45) is 0 Å². The van der Waals surface area contributed by atoms with Gasteiger partial charge in [0.05, 0.1) is 20.8 Å². The molecule has 0 radical (unpaired) electrons. The van der Waals surface area contributed by atoms with Crippen LogP contribution in [0, 0.1) is 13.8 Å². The molecule has 0 saturated carbocycles. The highest BCUT2D eigenvalue weighted by atomic mass is 35.5. The summed E-state index contributed by atoms with van der Waals surface area (Å²) in [4.78, 5) is 12.1. The van der Waals surface area contributed by atoms with Crippen molar-refractivity contribution in [3.63, 3.8) is 0 Å². The lowest BCUT2D eigenvalue weighted by Gasteiger charge is -2.14. The number of rotatable bonds is 6. The highest BCUT2D eigenvalue weighted by Crippen LogP contribution is 2.32. The van der Waals surface area contributed by atoms with Gasteiger partial charge in [-0.05, 0) is 43.2 Å². The number of nitrogens with one attached hydrogen (secondary N) is 2. The Balaban J connectivity index is 2.02. The van der Waals surface area contributed by atoms with Gasteiger partial charge in [0.1, 0.15) is 0 Å². The highest BCUT2D eigenvalue weighted by molar-refractivity contribution is 6.31. The molecule has 2 rings (SSSR count). The van der Waals surface area contributed by atoms with E-state index in [2.05, 4.69) is 10.6 Å². The van der Waals surface area contributed by atoms with E-state index < -0.39 is 0 Å². The van der Waals surface area contributed by atoms with Crippen LogP contribution in [0.15, 0.2) is 30.3 Å². The fourth-order valence-electron chi connectivity index (χ4n) is 2.22. The number of hydrogen-bond donors (Lipinski definition) is 2. The van der Waals surface area contributed by atoms with E-state index in [-0.39, 0.29) is 12.5 Å². The smallest absolute Gasteiger partial charge is 0.243 e. The van der Waals surface area contributed by atoms with E-state index in [0.29, 0.717) is 22.2 Å². The van der Waals surface area contributed by atoms with Crippen LogP contribution in [-0.2, 0) is 4.79 Å². The second-order valence-corrected chi connectivity index (χ2v) is 5.80. The van der Waals surface area contributed by atoms with Crippen molar-refractivity contribution >= 4 is 28.9 Å². The molecular formula is C18H21ClN2O3. The summed E-state index contributed by atoms with van der Waals surface area (Å²) in [6, 6.07) is 9.09. The Bertz CT molecular complexity index is 747. The summed E-state index contributed by atoms with van der Waals surface area (Å²) >= 11 is 6.06. The summed E-state index contributed by atoms with van der Waals surface area (Å²) in [5.74, 6) is 1.10. The van der Waals surface area contributed by atoms with E-state index in [1.54, 1.807) is 20.3 Å². The van der Waals surface area contributed by atoms with Crippen LogP contribution in [0.1, 0.15) is 11.1 Å². The Morgan fingerprint density at radius 1 is 1.04 bits per heavy atom. The molecule has 0 bridgehead atoms. The van der Waals surface area contributed by atoms with Gasteiger partial charge in [-0.2, -0.15) is 0 Å². The van der Waals surface area contributed by atoms with Crippen LogP contribution in [-0.4, -0.2) is 26.7 Å². The second kappa shape index (κ2) is 7.93. The molecule has 24 heavy (non-hydrogen) atoms. The Morgan fingerprint density at radius 3 is 2.33 bits per heavy atom. The van der Waals surface area contributed by atoms with Crippen molar-refractivity contribution in [3.8, 4) is 11.5 Å². The zero-order valence-electron chi connectivity index (χ0n) is 14.2. The molecule has 2 N–H and O–H groups in total. The third-order valence-corrected chi connectivity index (χ3v) is 4.03. The molecule has 0 fully saturated rings. The molecule has 0 spiro atoms. The van der Waals surface area contributed by atoms with Crippen LogP contribution in [0.25, 0.3) is 0 Å². The highest BCUT2D eigenvalue weighted by Gasteiger charge is 2.10. The van der Waals surface area contributed by atoms with Gasteiger partial charge >= 0.3 is 0 Å². The molecule has 0 unspecified atom stereocenters. The molecule has 0 aromatic heterocycles. The number of benzene rings is 2. The molecule has 2 aromatic rings. The van der Waals surface area contributed by atoms with Gasteiger partial charge in [0, 0.05) is 22.5 Å². The Kier molecular flexibility index (Phi) is 5.93. The van der Waals surface area contributed by atoms with Crippen LogP contribution in [0.4, 0.5) is 11.4 Å². The molecular weight excluding hydrogens is 328 g/mol. The van der Waals surface area contributed by atoms with E-state index in [0.717, 1.165) is 16.8 Å². The fraction of sp³-hybridized carbons (Fsp3) is 0.278. The van der Waals surface area contributed by atoms with Crippen molar-refractivity contribution in [1.82, 2.24) is 0 Å². The van der Waals surface area contributed by atoms with Gasteiger partial charge in [0.15, 0.2) is 11.5 Å². The van der Waals surface area contributed by atoms with Gasteiger partial charge in [0.25, 0.3) is 0 Å². The number of halogens is 1. The quantitative estimate of drug-likeness (QED) is 0.827. The fourth-order valence-corrected chi connectivity index (χ4v) is 2.40. The van der Waals surface area contributed by atoms with E-state index in [1.807, 2.05) is 38.1 Å². The molecule has 6 heteroatoms. The van der Waals surface area contributed by atoms with Crippen molar-refractivity contribution < 1.29 is 14.3 Å². The molecule has 0 aliphatic rings. The first-order valence-corrected chi connectivity index (χ1v) is 7.85. The Morgan fingerprint density at radius 2 is 1.71 bits per heavy atom. The standard InChI is InChI=1S/C18H21ClN2O3/c1-11-5-6-13(8-14(11)19)21-18(22)10-20-15-9-17(24-4)16(23-3)7-12(15)2/h5-9,20H,10H2,1-4H3,(H,21,22). The summed E-state index contributed by atoms with van der Waals surface area (Å²) in [5.41, 5.74) is 3.40. The first kappa shape index (κ1) is 17.9. The number of carbonyl (C=O) groups excluding carboxylic acids is 1. The predicted molar refractivity (Wildman–Crippen MR) is 97.6 cm³/mol. The summed E-state index contributed by atoms with van der Waals surface area (Å²) in [6.07, 6.45) is 0. The summed E-state index contributed by atoms with van der Waals surface area (Å²) in [5, 5.41) is 6.54. The summed E-state index contributed by atoms with van der Waals surface area (Å²) in [6.45, 7) is 3.97. The zero-order chi connectivity index (χ0) is 17.7. The number of anilines is 2. The van der Waals surface area contributed by atoms with Gasteiger partial charge in [-0.25, -0.2) is 0 Å². The molecule has 0 aliphatic heterocycles. The minimum Gasteiger partial charge on any atom is -0.493 e. The lowest BCUT2D eigenvalue weighted by Crippen LogP contribution is -2.22. The van der Waals surface area contributed by atoms with Gasteiger partial charge in [-0.3, -0.25) is 4.79 Å². The van der Waals surface area contributed by atoms with Crippen LogP contribution in [0.2, 0.25) is 5.02 Å². The number of hydrogen-bond acceptors (Lipinski definition) is 4. The number of aryl methyl sites for hydroxylation is 2. The Hall–Kier alpha value is -2.40. The first-order chi connectivity index (χ1) is 11.4. The molecule has 1 amide bonds. The molecule has 0 heterocycles. The van der Waals surface area contributed by atoms with E-state index in [4.69, 9.17) is 21.1 Å². The molecule has 0 saturated heterocycles. The van der Waals surface area contributed by atoms with Gasteiger partial charge < -0.3 is 20.1 Å². The van der Waals surface area contributed by atoms with Gasteiger partial charge in [-0.15, -0.1) is 0 Å². The van der Waals surface area contributed by atoms with Crippen molar-refractivity contribution in [2.45, 2.75) is 13.8 Å².